The number of rotatable bonds is 30. The number of likely N-dealkylation sites (N-methyl/N-ethyl adjacent to an activating group) is 1. The number of esters is 2. The minimum atomic E-state index is -4.59. The van der Waals surface area contributed by atoms with Crippen molar-refractivity contribution < 1.29 is 42.1 Å². The summed E-state index contributed by atoms with van der Waals surface area (Å²) in [6.07, 6.45) is 26.6. The van der Waals surface area contributed by atoms with Crippen LogP contribution in [0.3, 0.4) is 0 Å². The second-order valence-corrected chi connectivity index (χ2v) is 13.9. The molecule has 0 aromatic heterocycles. The molecule has 0 heterocycles. The quantitative estimate of drug-likeness (QED) is 0.0256. The standard InChI is InChI=1S/C34H64NO8P/c1-6-8-9-10-11-12-13-14-15-16-17-18-19-20-21-22-23-24-25-27-34(37)43-32(30-40-33(36)26-7-2)31-42-44(38,39)41-29-28-35(3,4)5/h11-12,14-15,32H,6-10,13,16-31H2,1-5H3/b12-11-,15-14-. The zero-order valence-corrected chi connectivity index (χ0v) is 29.5. The van der Waals surface area contributed by atoms with Gasteiger partial charge >= 0.3 is 11.9 Å². The first-order chi connectivity index (χ1) is 21.0. The third-order valence-electron chi connectivity index (χ3n) is 6.94. The SMILES string of the molecule is CCCCC/C=C\C/C=C\CCCCCCCCCCCC(=O)OC(COC(=O)CCC)COP(=O)([O-])OCC[N+](C)(C)C. The number of allylic oxidation sites excluding steroid dienone is 4. The number of unbranched alkanes of at least 4 members (excludes halogenated alkanes) is 12. The number of hydrogen-bond donors (Lipinski definition) is 0. The van der Waals surface area contributed by atoms with Crippen LogP contribution in [0.15, 0.2) is 24.3 Å². The van der Waals surface area contributed by atoms with Crippen LogP contribution in [0.25, 0.3) is 0 Å². The van der Waals surface area contributed by atoms with Crippen LogP contribution in [0.2, 0.25) is 0 Å². The summed E-state index contributed by atoms with van der Waals surface area (Å²) < 4.78 is 33.1. The van der Waals surface area contributed by atoms with E-state index >= 15 is 0 Å². The number of quaternary nitrogens is 1. The normalized spacial score (nSPS) is 14.2. The molecule has 0 aliphatic carbocycles. The van der Waals surface area contributed by atoms with Gasteiger partial charge in [0.05, 0.1) is 27.7 Å². The predicted molar refractivity (Wildman–Crippen MR) is 176 cm³/mol. The van der Waals surface area contributed by atoms with E-state index in [1.807, 2.05) is 28.1 Å². The van der Waals surface area contributed by atoms with Crippen LogP contribution in [0, 0.1) is 0 Å². The lowest BCUT2D eigenvalue weighted by atomic mass is 10.1. The fourth-order valence-electron chi connectivity index (χ4n) is 4.25. The number of carbonyl (C=O) groups excluding carboxylic acids is 2. The summed E-state index contributed by atoms with van der Waals surface area (Å²) in [5.41, 5.74) is 0. The van der Waals surface area contributed by atoms with Crippen LogP contribution in [0.5, 0.6) is 0 Å². The fourth-order valence-corrected chi connectivity index (χ4v) is 4.98. The van der Waals surface area contributed by atoms with Crippen molar-refractivity contribution in [1.29, 1.82) is 0 Å². The molecule has 0 aromatic rings. The third-order valence-corrected chi connectivity index (χ3v) is 7.91. The molecule has 44 heavy (non-hydrogen) atoms. The van der Waals surface area contributed by atoms with Crippen molar-refractivity contribution >= 4 is 19.8 Å². The lowest BCUT2D eigenvalue weighted by Gasteiger charge is -2.28. The number of ether oxygens (including phenoxy) is 2. The predicted octanol–water partition coefficient (Wildman–Crippen LogP) is 7.82. The molecule has 0 saturated carbocycles. The molecule has 258 valence electrons. The average Bonchev–Trinajstić information content (AvgIpc) is 2.95. The largest absolute Gasteiger partial charge is 0.756 e. The van der Waals surface area contributed by atoms with Crippen LogP contribution in [-0.4, -0.2) is 70.0 Å². The minimum Gasteiger partial charge on any atom is -0.756 e. The van der Waals surface area contributed by atoms with Gasteiger partial charge in [-0.15, -0.1) is 0 Å². The molecule has 10 heteroatoms. The Morgan fingerprint density at radius 3 is 1.84 bits per heavy atom. The summed E-state index contributed by atoms with van der Waals surface area (Å²) in [5.74, 6) is -0.903. The van der Waals surface area contributed by atoms with Gasteiger partial charge in [0.1, 0.15) is 19.8 Å². The average molecular weight is 646 g/mol. The molecule has 2 atom stereocenters. The first-order valence-electron chi connectivity index (χ1n) is 17.0. The molecule has 0 radical (unpaired) electrons. The van der Waals surface area contributed by atoms with Crippen LogP contribution in [0.4, 0.5) is 0 Å². The Kier molecular flexibility index (Phi) is 26.8. The number of phosphoric ester groups is 1. The van der Waals surface area contributed by atoms with Crippen molar-refractivity contribution in [2.45, 2.75) is 136 Å². The topological polar surface area (TPSA) is 111 Å². The maximum Gasteiger partial charge on any atom is 0.306 e. The van der Waals surface area contributed by atoms with Crippen molar-refractivity contribution in [2.75, 3.05) is 47.5 Å². The summed E-state index contributed by atoms with van der Waals surface area (Å²) in [4.78, 5) is 36.3. The summed E-state index contributed by atoms with van der Waals surface area (Å²) >= 11 is 0. The van der Waals surface area contributed by atoms with E-state index in [1.165, 1.54) is 57.8 Å². The molecule has 0 aliphatic rings. The van der Waals surface area contributed by atoms with Gasteiger partial charge in [0, 0.05) is 12.8 Å². The Labute approximate surface area is 268 Å². The van der Waals surface area contributed by atoms with Crippen molar-refractivity contribution in [3.63, 3.8) is 0 Å². The lowest BCUT2D eigenvalue weighted by Crippen LogP contribution is -2.37. The van der Waals surface area contributed by atoms with Gasteiger partial charge in [-0.1, -0.05) is 95.9 Å². The maximum absolute atomic E-state index is 12.4. The summed E-state index contributed by atoms with van der Waals surface area (Å²) in [6.45, 7) is 3.78. The molecule has 0 amide bonds. The van der Waals surface area contributed by atoms with Crippen LogP contribution < -0.4 is 4.89 Å². The van der Waals surface area contributed by atoms with E-state index in [0.717, 1.165) is 32.1 Å². The summed E-state index contributed by atoms with van der Waals surface area (Å²) in [7, 11) is 1.15. The van der Waals surface area contributed by atoms with Gasteiger partial charge < -0.3 is 27.9 Å². The van der Waals surface area contributed by atoms with E-state index in [0.29, 0.717) is 23.9 Å². The van der Waals surface area contributed by atoms with E-state index in [2.05, 4.69) is 31.2 Å². The van der Waals surface area contributed by atoms with E-state index in [9.17, 15) is 19.0 Å². The second-order valence-electron chi connectivity index (χ2n) is 12.5. The van der Waals surface area contributed by atoms with Gasteiger partial charge in [-0.25, -0.2) is 0 Å². The van der Waals surface area contributed by atoms with Gasteiger partial charge in [-0.05, 0) is 44.9 Å². The highest BCUT2D eigenvalue weighted by Crippen LogP contribution is 2.38. The van der Waals surface area contributed by atoms with Gasteiger partial charge in [-0.2, -0.15) is 0 Å². The zero-order chi connectivity index (χ0) is 32.9. The van der Waals surface area contributed by atoms with Crippen LogP contribution in [-0.2, 0) is 32.7 Å². The summed E-state index contributed by atoms with van der Waals surface area (Å²) in [5, 5.41) is 0. The highest BCUT2D eigenvalue weighted by molar-refractivity contribution is 7.45. The molecule has 0 saturated heterocycles. The number of hydrogen-bond acceptors (Lipinski definition) is 8. The number of carbonyl (C=O) groups is 2. The molecular weight excluding hydrogens is 581 g/mol. The van der Waals surface area contributed by atoms with Crippen molar-refractivity contribution in [2.24, 2.45) is 0 Å². The maximum atomic E-state index is 12.4. The monoisotopic (exact) mass is 645 g/mol. The highest BCUT2D eigenvalue weighted by Gasteiger charge is 2.21. The van der Waals surface area contributed by atoms with Crippen LogP contribution in [0.1, 0.15) is 129 Å². The fraction of sp³-hybridized carbons (Fsp3) is 0.824. The van der Waals surface area contributed by atoms with Gasteiger partial charge in [-0.3, -0.25) is 14.2 Å². The molecule has 0 aliphatic heterocycles. The highest BCUT2D eigenvalue weighted by atomic mass is 31.2. The third kappa shape index (κ3) is 30.5. The van der Waals surface area contributed by atoms with E-state index in [-0.39, 0.29) is 26.1 Å². The Morgan fingerprint density at radius 2 is 1.27 bits per heavy atom. The Hall–Kier alpha value is -1.51. The van der Waals surface area contributed by atoms with E-state index < -0.39 is 32.5 Å². The van der Waals surface area contributed by atoms with Crippen LogP contribution >= 0.6 is 7.82 Å². The van der Waals surface area contributed by atoms with E-state index in [4.69, 9.17) is 18.5 Å². The minimum absolute atomic E-state index is 0.0324. The van der Waals surface area contributed by atoms with Gasteiger partial charge in [0.25, 0.3) is 7.82 Å². The smallest absolute Gasteiger partial charge is 0.306 e. The first-order valence-corrected chi connectivity index (χ1v) is 18.5. The zero-order valence-electron chi connectivity index (χ0n) is 28.6. The molecule has 2 unspecified atom stereocenters. The van der Waals surface area contributed by atoms with Gasteiger partial charge in [0.15, 0.2) is 6.10 Å². The van der Waals surface area contributed by atoms with Crippen molar-refractivity contribution in [3.05, 3.63) is 24.3 Å². The molecule has 0 fully saturated rings. The number of nitrogens with zero attached hydrogens (tertiary/aromatic N) is 1. The second kappa shape index (κ2) is 27.8. The molecular formula is C34H64NO8P. The first kappa shape index (κ1) is 42.5. The Balaban J connectivity index is 4.08. The molecule has 0 spiro atoms. The van der Waals surface area contributed by atoms with Crippen molar-refractivity contribution in [3.8, 4) is 0 Å². The lowest BCUT2D eigenvalue weighted by molar-refractivity contribution is -0.870. The Bertz CT molecular complexity index is 825. The molecule has 0 aromatic carbocycles. The number of phosphoric acid groups is 1. The Morgan fingerprint density at radius 1 is 0.705 bits per heavy atom. The van der Waals surface area contributed by atoms with Gasteiger partial charge in [0.2, 0.25) is 0 Å². The van der Waals surface area contributed by atoms with E-state index in [1.54, 1.807) is 0 Å². The molecule has 0 bridgehead atoms. The molecule has 0 N–H and O–H groups in total. The molecule has 0 rings (SSSR count). The van der Waals surface area contributed by atoms with Crippen molar-refractivity contribution in [1.82, 2.24) is 0 Å². The molecule has 9 nitrogen and oxygen atoms in total. The summed E-state index contributed by atoms with van der Waals surface area (Å²) in [6, 6.07) is 0.